The van der Waals surface area contributed by atoms with Crippen LogP contribution in [-0.2, 0) is 4.79 Å². The van der Waals surface area contributed by atoms with Crippen LogP contribution in [0.25, 0.3) is 0 Å². The summed E-state index contributed by atoms with van der Waals surface area (Å²) >= 11 is 14.9. The maximum atomic E-state index is 11.5. The number of aliphatic hydroxyl groups excluding tert-OH is 1. The number of carbonyl (C=O) groups is 2. The summed E-state index contributed by atoms with van der Waals surface area (Å²) < 4.78 is 0.559. The Bertz CT molecular complexity index is 513. The summed E-state index contributed by atoms with van der Waals surface area (Å²) in [6.45, 7) is -0.725. The van der Waals surface area contributed by atoms with Crippen LogP contribution in [0.3, 0.4) is 0 Å². The van der Waals surface area contributed by atoms with E-state index in [1.54, 1.807) is 6.07 Å². The highest BCUT2D eigenvalue weighted by Gasteiger charge is 2.19. The molecule has 0 aromatic heterocycles. The fourth-order valence-corrected chi connectivity index (χ4v) is 1.95. The number of anilines is 1. The second-order valence-electron chi connectivity index (χ2n) is 3.39. The van der Waals surface area contributed by atoms with Crippen molar-refractivity contribution >= 4 is 56.8 Å². The maximum absolute atomic E-state index is 11.5. The summed E-state index contributed by atoms with van der Waals surface area (Å²) in [5.74, 6) is -1.35. The first-order valence-corrected chi connectivity index (χ1v) is 6.46. The summed E-state index contributed by atoms with van der Waals surface area (Å²) in [6, 6.07) is 0.850. The summed E-state index contributed by atoms with van der Waals surface area (Å²) in [6.07, 6.45) is 0. The average molecular weight is 372 g/mol. The molecule has 0 aliphatic heterocycles. The first kappa shape index (κ1) is 16.0. The van der Waals surface area contributed by atoms with E-state index >= 15 is 0 Å². The van der Waals surface area contributed by atoms with E-state index in [1.165, 1.54) is 6.07 Å². The third-order valence-electron chi connectivity index (χ3n) is 2.07. The normalized spacial score (nSPS) is 11.8. The molecule has 1 aromatic carbocycles. The van der Waals surface area contributed by atoms with E-state index in [4.69, 9.17) is 33.4 Å². The topological polar surface area (TPSA) is 98.7 Å². The monoisotopic (exact) mass is 370 g/mol. The van der Waals surface area contributed by atoms with E-state index in [0.29, 0.717) is 4.47 Å². The molecule has 19 heavy (non-hydrogen) atoms. The number of carboxylic acids is 1. The number of hydrogen-bond acceptors (Lipinski definition) is 3. The molecule has 0 aliphatic carbocycles. The lowest BCUT2D eigenvalue weighted by Crippen LogP contribution is -2.45. The molecule has 6 nitrogen and oxygen atoms in total. The molecule has 0 heterocycles. The molecule has 0 saturated carbocycles. The Morgan fingerprint density at radius 1 is 1.32 bits per heavy atom. The van der Waals surface area contributed by atoms with Crippen LogP contribution in [0.2, 0.25) is 10.0 Å². The van der Waals surface area contributed by atoms with Crippen LogP contribution < -0.4 is 10.6 Å². The lowest BCUT2D eigenvalue weighted by Gasteiger charge is -2.14. The van der Waals surface area contributed by atoms with Crippen molar-refractivity contribution in [1.29, 1.82) is 0 Å². The lowest BCUT2D eigenvalue weighted by molar-refractivity contribution is -0.140. The van der Waals surface area contributed by atoms with Crippen LogP contribution in [0.1, 0.15) is 0 Å². The Morgan fingerprint density at radius 2 is 1.95 bits per heavy atom. The van der Waals surface area contributed by atoms with Gasteiger partial charge in [-0.1, -0.05) is 23.2 Å². The molecular weight excluding hydrogens is 363 g/mol. The average Bonchev–Trinajstić information content (AvgIpc) is 2.36. The van der Waals surface area contributed by atoms with Gasteiger partial charge in [-0.25, -0.2) is 9.59 Å². The number of hydrogen-bond donors (Lipinski definition) is 4. The van der Waals surface area contributed by atoms with Crippen molar-refractivity contribution in [3.8, 4) is 0 Å². The van der Waals surface area contributed by atoms with E-state index in [1.807, 2.05) is 0 Å². The number of amides is 2. The summed E-state index contributed by atoms with van der Waals surface area (Å²) in [4.78, 5) is 22.2. The molecule has 4 N–H and O–H groups in total. The molecule has 9 heteroatoms. The number of carboxylic acid groups (broad SMARTS) is 1. The van der Waals surface area contributed by atoms with Gasteiger partial charge in [-0.3, -0.25) is 0 Å². The van der Waals surface area contributed by atoms with Crippen LogP contribution in [0.4, 0.5) is 10.5 Å². The van der Waals surface area contributed by atoms with Crippen LogP contribution in [-0.4, -0.2) is 34.9 Å². The third-order valence-corrected chi connectivity index (χ3v) is 3.84. The first-order valence-electron chi connectivity index (χ1n) is 4.91. The van der Waals surface area contributed by atoms with E-state index in [2.05, 4.69) is 26.6 Å². The molecule has 104 valence electrons. The van der Waals surface area contributed by atoms with Crippen LogP contribution >= 0.6 is 39.1 Å². The van der Waals surface area contributed by atoms with E-state index in [-0.39, 0.29) is 15.7 Å². The van der Waals surface area contributed by atoms with Crippen LogP contribution in [0, 0.1) is 0 Å². The highest BCUT2D eigenvalue weighted by molar-refractivity contribution is 9.10. The fraction of sp³-hybridized carbons (Fsp3) is 0.200. The van der Waals surface area contributed by atoms with Crippen LogP contribution in [0.5, 0.6) is 0 Å². The van der Waals surface area contributed by atoms with Gasteiger partial charge in [-0.05, 0) is 28.1 Å². The van der Waals surface area contributed by atoms with E-state index in [0.717, 1.165) is 0 Å². The molecule has 1 aromatic rings. The van der Waals surface area contributed by atoms with Crippen molar-refractivity contribution in [2.45, 2.75) is 6.04 Å². The predicted octanol–water partition coefficient (Wildman–Crippen LogP) is 2.32. The number of halogens is 3. The standard InChI is InChI=1S/C10H9BrCl2N2O4/c11-4-1-2-5(8(13)7(4)12)14-10(19)15-6(3-16)9(17)18/h1-2,6,16H,3H2,(H,17,18)(H2,14,15,19)/t6-/m1/s1. The largest absolute Gasteiger partial charge is 0.480 e. The highest BCUT2D eigenvalue weighted by Crippen LogP contribution is 2.35. The number of urea groups is 1. The van der Waals surface area contributed by atoms with Crippen LogP contribution in [0.15, 0.2) is 16.6 Å². The number of rotatable bonds is 4. The van der Waals surface area contributed by atoms with E-state index in [9.17, 15) is 9.59 Å². The molecule has 1 atom stereocenters. The lowest BCUT2D eigenvalue weighted by atomic mass is 10.3. The summed E-state index contributed by atoms with van der Waals surface area (Å²) in [5.41, 5.74) is 0.217. The molecule has 0 fully saturated rings. The van der Waals surface area contributed by atoms with Gasteiger partial charge in [0.05, 0.1) is 22.3 Å². The fourth-order valence-electron chi connectivity index (χ4n) is 1.12. The predicted molar refractivity (Wildman–Crippen MR) is 74.8 cm³/mol. The minimum atomic E-state index is -1.40. The van der Waals surface area contributed by atoms with Crippen molar-refractivity contribution in [2.75, 3.05) is 11.9 Å². The van der Waals surface area contributed by atoms with Gasteiger partial charge in [-0.2, -0.15) is 0 Å². The van der Waals surface area contributed by atoms with Gasteiger partial charge in [-0.15, -0.1) is 0 Å². The Hall–Kier alpha value is -1.02. The summed E-state index contributed by atoms with van der Waals surface area (Å²) in [7, 11) is 0. The third kappa shape index (κ3) is 4.24. The van der Waals surface area contributed by atoms with Gasteiger partial charge in [0.2, 0.25) is 0 Å². The second-order valence-corrected chi connectivity index (χ2v) is 5.01. The smallest absolute Gasteiger partial charge is 0.328 e. The van der Waals surface area contributed by atoms with Gasteiger partial charge < -0.3 is 20.8 Å². The SMILES string of the molecule is O=C(Nc1ccc(Br)c(Cl)c1Cl)N[C@H](CO)C(=O)O. The summed E-state index contributed by atoms with van der Waals surface area (Å²) in [5, 5.41) is 22.2. The quantitative estimate of drug-likeness (QED) is 0.610. The number of carbonyl (C=O) groups excluding carboxylic acids is 1. The first-order chi connectivity index (χ1) is 8.86. The Balaban J connectivity index is 2.78. The van der Waals surface area contributed by atoms with E-state index < -0.39 is 24.6 Å². The molecule has 0 aliphatic rings. The number of aliphatic carboxylic acids is 1. The van der Waals surface area contributed by atoms with Gasteiger partial charge in [0.15, 0.2) is 6.04 Å². The Kier molecular flexibility index (Phi) is 5.86. The molecule has 0 radical (unpaired) electrons. The zero-order valence-corrected chi connectivity index (χ0v) is 12.4. The minimum absolute atomic E-state index is 0.113. The zero-order chi connectivity index (χ0) is 14.6. The van der Waals surface area contributed by atoms with Gasteiger partial charge >= 0.3 is 12.0 Å². The second kappa shape index (κ2) is 6.95. The molecule has 1 rings (SSSR count). The molecular formula is C10H9BrCl2N2O4. The Morgan fingerprint density at radius 3 is 2.47 bits per heavy atom. The minimum Gasteiger partial charge on any atom is -0.480 e. The highest BCUT2D eigenvalue weighted by atomic mass is 79.9. The van der Waals surface area contributed by atoms with Gasteiger partial charge in [0.1, 0.15) is 0 Å². The molecule has 0 saturated heterocycles. The van der Waals surface area contributed by atoms with Crippen molar-refractivity contribution in [2.24, 2.45) is 0 Å². The molecule has 0 bridgehead atoms. The molecule has 2 amide bonds. The Labute approximate surface area is 126 Å². The molecule has 0 spiro atoms. The van der Waals surface area contributed by atoms with Crippen molar-refractivity contribution in [3.05, 3.63) is 26.7 Å². The number of benzene rings is 1. The van der Waals surface area contributed by atoms with Gasteiger partial charge in [0.25, 0.3) is 0 Å². The van der Waals surface area contributed by atoms with Gasteiger partial charge in [0, 0.05) is 4.47 Å². The van der Waals surface area contributed by atoms with Crippen molar-refractivity contribution < 1.29 is 19.8 Å². The van der Waals surface area contributed by atoms with Crippen molar-refractivity contribution in [1.82, 2.24) is 5.32 Å². The number of nitrogens with one attached hydrogen (secondary N) is 2. The van der Waals surface area contributed by atoms with Crippen molar-refractivity contribution in [3.63, 3.8) is 0 Å². The zero-order valence-electron chi connectivity index (χ0n) is 9.28. The number of aliphatic hydroxyl groups is 1. The maximum Gasteiger partial charge on any atom is 0.328 e. The molecule has 0 unspecified atom stereocenters.